The Bertz CT molecular complexity index is 1290. The SMILES string of the molecule is CC1(C)CCC(=O)Nc2cc(Nc3ncc(Cl)c(Nc4c(F)cccc4OCC#N)n3)ccc21. The maximum absolute atomic E-state index is 14.5. The molecule has 0 unspecified atom stereocenters. The summed E-state index contributed by atoms with van der Waals surface area (Å²) in [5.74, 6) is -0.117. The van der Waals surface area contributed by atoms with E-state index in [0.29, 0.717) is 12.1 Å². The molecule has 0 atom stereocenters. The van der Waals surface area contributed by atoms with E-state index in [-0.39, 0.29) is 46.2 Å². The van der Waals surface area contributed by atoms with Gasteiger partial charge in [0.2, 0.25) is 11.9 Å². The second-order valence-corrected chi connectivity index (χ2v) is 8.80. The summed E-state index contributed by atoms with van der Waals surface area (Å²) in [6.07, 6.45) is 2.59. The fourth-order valence-electron chi connectivity index (χ4n) is 3.71. The number of rotatable bonds is 6. The highest BCUT2D eigenvalue weighted by Crippen LogP contribution is 2.38. The number of hydrogen-bond acceptors (Lipinski definition) is 7. The van der Waals surface area contributed by atoms with E-state index in [2.05, 4.69) is 39.8 Å². The van der Waals surface area contributed by atoms with Crippen molar-refractivity contribution in [2.75, 3.05) is 22.6 Å². The van der Waals surface area contributed by atoms with Gasteiger partial charge in [-0.25, -0.2) is 9.37 Å². The predicted octanol–water partition coefficient (Wildman–Crippen LogP) is 5.67. The van der Waals surface area contributed by atoms with Gasteiger partial charge in [-0.15, -0.1) is 0 Å². The first-order valence-corrected chi connectivity index (χ1v) is 10.9. The highest BCUT2D eigenvalue weighted by molar-refractivity contribution is 6.33. The zero-order chi connectivity index (χ0) is 24.3. The Kier molecular flexibility index (Phi) is 6.52. The first-order chi connectivity index (χ1) is 16.3. The number of aromatic nitrogens is 2. The Morgan fingerprint density at radius 2 is 2.12 bits per heavy atom. The summed E-state index contributed by atoms with van der Waals surface area (Å²) in [5, 5.41) is 17.8. The minimum atomic E-state index is -0.594. The number of hydrogen-bond donors (Lipinski definition) is 3. The van der Waals surface area contributed by atoms with Gasteiger partial charge in [0.1, 0.15) is 22.5 Å². The second-order valence-electron chi connectivity index (χ2n) is 8.39. The van der Waals surface area contributed by atoms with Gasteiger partial charge in [0, 0.05) is 17.8 Å². The van der Waals surface area contributed by atoms with Crippen molar-refractivity contribution in [3.05, 3.63) is 59.0 Å². The zero-order valence-corrected chi connectivity index (χ0v) is 19.3. The van der Waals surface area contributed by atoms with Crippen LogP contribution in [0, 0.1) is 17.1 Å². The van der Waals surface area contributed by atoms with Crippen molar-refractivity contribution in [2.24, 2.45) is 0 Å². The third kappa shape index (κ3) is 5.02. The molecule has 3 aromatic rings. The molecule has 1 aliphatic heterocycles. The number of ether oxygens (including phenoxy) is 1. The van der Waals surface area contributed by atoms with Gasteiger partial charge in [0.05, 0.1) is 6.20 Å². The van der Waals surface area contributed by atoms with Crippen LogP contribution in [0.2, 0.25) is 5.02 Å². The number of anilines is 5. The average Bonchev–Trinajstić information content (AvgIpc) is 2.91. The molecule has 1 amide bonds. The van der Waals surface area contributed by atoms with E-state index >= 15 is 0 Å². The molecule has 0 fully saturated rings. The summed E-state index contributed by atoms with van der Waals surface area (Å²) >= 11 is 6.24. The van der Waals surface area contributed by atoms with Gasteiger partial charge < -0.3 is 20.7 Å². The maximum atomic E-state index is 14.5. The van der Waals surface area contributed by atoms with Crippen molar-refractivity contribution in [2.45, 2.75) is 32.1 Å². The molecule has 174 valence electrons. The highest BCUT2D eigenvalue weighted by atomic mass is 35.5. The van der Waals surface area contributed by atoms with E-state index in [0.717, 1.165) is 17.7 Å². The molecular formula is C24H22ClFN6O2. The molecule has 0 saturated carbocycles. The van der Waals surface area contributed by atoms with E-state index < -0.39 is 5.82 Å². The summed E-state index contributed by atoms with van der Waals surface area (Å²) in [7, 11) is 0. The smallest absolute Gasteiger partial charge is 0.229 e. The van der Waals surface area contributed by atoms with Gasteiger partial charge in [-0.1, -0.05) is 37.6 Å². The number of fused-ring (bicyclic) bond motifs is 1. The van der Waals surface area contributed by atoms with Crippen LogP contribution in [0.5, 0.6) is 5.75 Å². The molecule has 0 saturated heterocycles. The Balaban J connectivity index is 1.61. The predicted molar refractivity (Wildman–Crippen MR) is 128 cm³/mol. The van der Waals surface area contributed by atoms with Crippen LogP contribution in [0.3, 0.4) is 0 Å². The van der Waals surface area contributed by atoms with Crippen molar-refractivity contribution < 1.29 is 13.9 Å². The summed E-state index contributed by atoms with van der Waals surface area (Å²) in [4.78, 5) is 20.7. The monoisotopic (exact) mass is 480 g/mol. The molecule has 0 spiro atoms. The summed E-state index contributed by atoms with van der Waals surface area (Å²) in [5.41, 5.74) is 2.29. The van der Waals surface area contributed by atoms with Crippen LogP contribution in [-0.4, -0.2) is 22.5 Å². The van der Waals surface area contributed by atoms with Crippen molar-refractivity contribution in [3.63, 3.8) is 0 Å². The van der Waals surface area contributed by atoms with Gasteiger partial charge in [0.15, 0.2) is 18.2 Å². The fourth-order valence-corrected chi connectivity index (χ4v) is 3.85. The van der Waals surface area contributed by atoms with E-state index in [1.807, 2.05) is 24.3 Å². The van der Waals surface area contributed by atoms with Gasteiger partial charge in [-0.05, 0) is 41.7 Å². The molecule has 4 rings (SSSR count). The lowest BCUT2D eigenvalue weighted by molar-refractivity contribution is -0.116. The van der Waals surface area contributed by atoms with Crippen molar-refractivity contribution in [1.29, 1.82) is 5.26 Å². The molecule has 0 bridgehead atoms. The average molecular weight is 481 g/mol. The van der Waals surface area contributed by atoms with Crippen LogP contribution in [0.25, 0.3) is 0 Å². The van der Waals surface area contributed by atoms with Gasteiger partial charge in [-0.3, -0.25) is 4.79 Å². The first-order valence-electron chi connectivity index (χ1n) is 10.6. The lowest BCUT2D eigenvalue weighted by Crippen LogP contribution is -2.16. The van der Waals surface area contributed by atoms with Crippen molar-refractivity contribution >= 4 is 46.3 Å². The Labute approximate surface area is 201 Å². The number of carbonyl (C=O) groups is 1. The standard InChI is InChI=1S/C24H22ClFN6O2/c1-24(2)9-8-20(33)30-18-12-14(6-7-15(18)24)29-23-28-13-16(25)22(32-23)31-21-17(26)4-3-5-19(21)34-11-10-27/h3-7,12-13H,8-9,11H2,1-2H3,(H,30,33)(H2,28,29,31,32). The number of carbonyl (C=O) groups excluding carboxylic acids is 1. The van der Waals surface area contributed by atoms with Crippen molar-refractivity contribution in [3.8, 4) is 11.8 Å². The molecule has 8 nitrogen and oxygen atoms in total. The number of benzene rings is 2. The number of amides is 1. The van der Waals surface area contributed by atoms with Crippen LogP contribution in [0.4, 0.5) is 33.2 Å². The van der Waals surface area contributed by atoms with Crippen LogP contribution in [0.15, 0.2) is 42.6 Å². The molecule has 2 aromatic carbocycles. The largest absolute Gasteiger partial charge is 0.476 e. The van der Waals surface area contributed by atoms with E-state index in [1.165, 1.54) is 24.4 Å². The Morgan fingerprint density at radius 1 is 1.29 bits per heavy atom. The van der Waals surface area contributed by atoms with Crippen molar-refractivity contribution in [1.82, 2.24) is 9.97 Å². The van der Waals surface area contributed by atoms with Crippen LogP contribution >= 0.6 is 11.6 Å². The van der Waals surface area contributed by atoms with Crippen LogP contribution in [0.1, 0.15) is 32.3 Å². The topological polar surface area (TPSA) is 112 Å². The minimum absolute atomic E-state index is 0.000672. The number of halogens is 2. The molecule has 0 aliphatic carbocycles. The number of nitrogens with zero attached hydrogens (tertiary/aromatic N) is 3. The lowest BCUT2D eigenvalue weighted by Gasteiger charge is -2.24. The molecule has 10 heteroatoms. The molecule has 3 N–H and O–H groups in total. The normalized spacial score (nSPS) is 14.3. The van der Waals surface area contributed by atoms with E-state index in [4.69, 9.17) is 21.6 Å². The first kappa shape index (κ1) is 23.3. The molecular weight excluding hydrogens is 459 g/mol. The summed E-state index contributed by atoms with van der Waals surface area (Å²) < 4.78 is 19.8. The number of nitriles is 1. The molecule has 2 heterocycles. The van der Waals surface area contributed by atoms with Crippen LogP contribution < -0.4 is 20.7 Å². The Hall–Kier alpha value is -3.90. The van der Waals surface area contributed by atoms with E-state index in [9.17, 15) is 9.18 Å². The van der Waals surface area contributed by atoms with E-state index in [1.54, 1.807) is 0 Å². The quantitative estimate of drug-likeness (QED) is 0.416. The van der Waals surface area contributed by atoms with Gasteiger partial charge >= 0.3 is 0 Å². The van der Waals surface area contributed by atoms with Gasteiger partial charge in [0.25, 0.3) is 0 Å². The highest BCUT2D eigenvalue weighted by Gasteiger charge is 2.28. The lowest BCUT2D eigenvalue weighted by atomic mass is 9.80. The molecule has 1 aliphatic rings. The molecule has 0 radical (unpaired) electrons. The number of para-hydroxylation sites is 1. The zero-order valence-electron chi connectivity index (χ0n) is 18.6. The van der Waals surface area contributed by atoms with Crippen LogP contribution in [-0.2, 0) is 10.2 Å². The Morgan fingerprint density at radius 3 is 2.91 bits per heavy atom. The summed E-state index contributed by atoms with van der Waals surface area (Å²) in [6, 6.07) is 11.8. The van der Waals surface area contributed by atoms with Gasteiger partial charge in [-0.2, -0.15) is 10.2 Å². The maximum Gasteiger partial charge on any atom is 0.229 e. The molecule has 1 aromatic heterocycles. The third-order valence-electron chi connectivity index (χ3n) is 5.51. The minimum Gasteiger partial charge on any atom is -0.476 e. The number of nitrogens with one attached hydrogen (secondary N) is 3. The molecule has 34 heavy (non-hydrogen) atoms. The second kappa shape index (κ2) is 9.53. The summed E-state index contributed by atoms with van der Waals surface area (Å²) in [6.45, 7) is 3.97. The third-order valence-corrected chi connectivity index (χ3v) is 5.79. The fraction of sp³-hybridized carbons (Fsp3) is 0.250.